The molecule has 1 saturated carbocycles. The molecular weight excluding hydrogens is 250 g/mol. The van der Waals surface area contributed by atoms with Gasteiger partial charge in [0.15, 0.2) is 11.5 Å². The quantitative estimate of drug-likeness (QED) is 0.895. The SMILES string of the molecule is NCC1(c2c(Cl)ccc3c2OCO3)CCCCC1. The van der Waals surface area contributed by atoms with E-state index in [9.17, 15) is 0 Å². The van der Waals surface area contributed by atoms with E-state index in [1.54, 1.807) is 0 Å². The molecule has 0 radical (unpaired) electrons. The van der Waals surface area contributed by atoms with Crippen molar-refractivity contribution < 1.29 is 9.47 Å². The van der Waals surface area contributed by atoms with E-state index in [2.05, 4.69) is 0 Å². The van der Waals surface area contributed by atoms with Crippen molar-refractivity contribution in [2.45, 2.75) is 37.5 Å². The zero-order valence-corrected chi connectivity index (χ0v) is 11.1. The van der Waals surface area contributed by atoms with Gasteiger partial charge in [-0.3, -0.25) is 0 Å². The summed E-state index contributed by atoms with van der Waals surface area (Å²) < 4.78 is 11.1. The van der Waals surface area contributed by atoms with E-state index in [0.717, 1.165) is 34.9 Å². The highest BCUT2D eigenvalue weighted by atomic mass is 35.5. The molecule has 0 unspecified atom stereocenters. The monoisotopic (exact) mass is 267 g/mol. The van der Waals surface area contributed by atoms with Crippen LogP contribution in [0.15, 0.2) is 12.1 Å². The number of ether oxygens (including phenoxy) is 2. The predicted molar refractivity (Wildman–Crippen MR) is 71.4 cm³/mol. The molecule has 1 heterocycles. The van der Waals surface area contributed by atoms with Gasteiger partial charge in [-0.1, -0.05) is 30.9 Å². The summed E-state index contributed by atoms with van der Waals surface area (Å²) in [6, 6.07) is 3.78. The van der Waals surface area contributed by atoms with Crippen LogP contribution in [0.25, 0.3) is 0 Å². The number of halogens is 1. The van der Waals surface area contributed by atoms with Crippen LogP contribution >= 0.6 is 11.6 Å². The zero-order chi connectivity index (χ0) is 12.6. The molecule has 2 N–H and O–H groups in total. The molecule has 4 heteroatoms. The summed E-state index contributed by atoms with van der Waals surface area (Å²) in [5.41, 5.74) is 7.12. The average molecular weight is 268 g/mol. The van der Waals surface area contributed by atoms with Crippen LogP contribution in [0.1, 0.15) is 37.7 Å². The van der Waals surface area contributed by atoms with Crippen LogP contribution in [0.2, 0.25) is 5.02 Å². The number of benzene rings is 1. The number of hydrogen-bond donors (Lipinski definition) is 1. The van der Waals surface area contributed by atoms with Crippen molar-refractivity contribution in [1.29, 1.82) is 0 Å². The van der Waals surface area contributed by atoms with Gasteiger partial charge in [-0.25, -0.2) is 0 Å². The van der Waals surface area contributed by atoms with Crippen LogP contribution in [0.3, 0.4) is 0 Å². The topological polar surface area (TPSA) is 44.5 Å². The summed E-state index contributed by atoms with van der Waals surface area (Å²) in [6.45, 7) is 0.899. The lowest BCUT2D eigenvalue weighted by atomic mass is 9.69. The van der Waals surface area contributed by atoms with Crippen molar-refractivity contribution >= 4 is 11.6 Å². The molecule has 1 aromatic rings. The third-order valence-electron chi connectivity index (χ3n) is 4.22. The molecule has 3 nitrogen and oxygen atoms in total. The number of fused-ring (bicyclic) bond motifs is 1. The Morgan fingerprint density at radius 2 is 1.94 bits per heavy atom. The molecule has 98 valence electrons. The minimum atomic E-state index is -0.0334. The second kappa shape index (κ2) is 4.63. The molecule has 3 rings (SSSR count). The molecule has 1 fully saturated rings. The first-order valence-electron chi connectivity index (χ1n) is 6.55. The van der Waals surface area contributed by atoms with E-state index < -0.39 is 0 Å². The van der Waals surface area contributed by atoms with Crippen molar-refractivity contribution in [1.82, 2.24) is 0 Å². The van der Waals surface area contributed by atoms with Crippen molar-refractivity contribution in [2.24, 2.45) is 5.73 Å². The highest BCUT2D eigenvalue weighted by Gasteiger charge is 2.39. The highest BCUT2D eigenvalue weighted by Crippen LogP contribution is 2.50. The Hall–Kier alpha value is -0.930. The van der Waals surface area contributed by atoms with Crippen molar-refractivity contribution in [3.63, 3.8) is 0 Å². The molecule has 18 heavy (non-hydrogen) atoms. The van der Waals surface area contributed by atoms with Crippen LogP contribution in [-0.4, -0.2) is 13.3 Å². The van der Waals surface area contributed by atoms with E-state index in [1.165, 1.54) is 19.3 Å². The summed E-state index contributed by atoms with van der Waals surface area (Å²) >= 11 is 6.42. The zero-order valence-electron chi connectivity index (χ0n) is 10.4. The molecule has 0 saturated heterocycles. The van der Waals surface area contributed by atoms with E-state index in [-0.39, 0.29) is 12.2 Å². The summed E-state index contributed by atoms with van der Waals surface area (Å²) in [5, 5.41) is 0.756. The highest BCUT2D eigenvalue weighted by molar-refractivity contribution is 6.31. The number of rotatable bonds is 2. The van der Waals surface area contributed by atoms with Gasteiger partial charge in [-0.05, 0) is 25.0 Å². The smallest absolute Gasteiger partial charge is 0.231 e. The lowest BCUT2D eigenvalue weighted by molar-refractivity contribution is 0.170. The van der Waals surface area contributed by atoms with Gasteiger partial charge in [0, 0.05) is 22.5 Å². The maximum Gasteiger partial charge on any atom is 0.231 e. The van der Waals surface area contributed by atoms with E-state index in [4.69, 9.17) is 26.8 Å². The molecule has 1 aliphatic heterocycles. The molecule has 0 bridgehead atoms. The minimum Gasteiger partial charge on any atom is -0.454 e. The number of hydrogen-bond acceptors (Lipinski definition) is 3. The average Bonchev–Trinajstić information content (AvgIpc) is 2.87. The third kappa shape index (κ3) is 1.77. The Morgan fingerprint density at radius 1 is 1.17 bits per heavy atom. The molecule has 1 aromatic carbocycles. The van der Waals surface area contributed by atoms with Gasteiger partial charge in [-0.2, -0.15) is 0 Å². The van der Waals surface area contributed by atoms with Crippen molar-refractivity contribution in [3.8, 4) is 11.5 Å². The van der Waals surface area contributed by atoms with E-state index in [1.807, 2.05) is 12.1 Å². The van der Waals surface area contributed by atoms with Crippen LogP contribution in [0.4, 0.5) is 0 Å². The van der Waals surface area contributed by atoms with Crippen LogP contribution in [0, 0.1) is 0 Å². The summed E-state index contributed by atoms with van der Waals surface area (Å²) in [7, 11) is 0. The molecular formula is C14H18ClNO2. The number of nitrogens with two attached hydrogens (primary N) is 1. The van der Waals surface area contributed by atoms with Crippen LogP contribution < -0.4 is 15.2 Å². The van der Waals surface area contributed by atoms with Crippen LogP contribution in [0.5, 0.6) is 11.5 Å². The Bertz CT molecular complexity index is 455. The van der Waals surface area contributed by atoms with Crippen molar-refractivity contribution in [2.75, 3.05) is 13.3 Å². The third-order valence-corrected chi connectivity index (χ3v) is 4.54. The standard InChI is InChI=1S/C14H18ClNO2/c15-10-4-5-11-13(18-9-17-11)12(10)14(8-16)6-2-1-3-7-14/h4-5H,1-3,6-9,16H2. The van der Waals surface area contributed by atoms with Gasteiger partial charge in [-0.15, -0.1) is 0 Å². The fourth-order valence-corrected chi connectivity index (χ4v) is 3.58. The molecule has 0 aromatic heterocycles. The van der Waals surface area contributed by atoms with Gasteiger partial charge in [0.1, 0.15) is 0 Å². The van der Waals surface area contributed by atoms with Crippen LogP contribution in [-0.2, 0) is 5.41 Å². The lowest BCUT2D eigenvalue weighted by Gasteiger charge is -2.37. The van der Waals surface area contributed by atoms with Gasteiger partial charge < -0.3 is 15.2 Å². The Balaban J connectivity index is 2.12. The van der Waals surface area contributed by atoms with E-state index in [0.29, 0.717) is 6.54 Å². The minimum absolute atomic E-state index is 0.0334. The largest absolute Gasteiger partial charge is 0.454 e. The molecule has 2 aliphatic rings. The van der Waals surface area contributed by atoms with Gasteiger partial charge >= 0.3 is 0 Å². The second-order valence-electron chi connectivity index (χ2n) is 5.20. The van der Waals surface area contributed by atoms with Crippen molar-refractivity contribution in [3.05, 3.63) is 22.7 Å². The molecule has 1 aliphatic carbocycles. The Kier molecular flexibility index (Phi) is 3.12. The Morgan fingerprint density at radius 3 is 2.67 bits per heavy atom. The maximum absolute atomic E-state index is 6.42. The van der Waals surface area contributed by atoms with Gasteiger partial charge in [0.05, 0.1) is 0 Å². The Labute approximate surface area is 112 Å². The molecule has 0 amide bonds. The first-order valence-corrected chi connectivity index (χ1v) is 6.93. The fourth-order valence-electron chi connectivity index (χ4n) is 3.23. The first kappa shape index (κ1) is 12.1. The van der Waals surface area contributed by atoms with Gasteiger partial charge in [0.25, 0.3) is 0 Å². The molecule has 0 spiro atoms. The van der Waals surface area contributed by atoms with E-state index >= 15 is 0 Å². The fraction of sp³-hybridized carbons (Fsp3) is 0.571. The lowest BCUT2D eigenvalue weighted by Crippen LogP contribution is -2.37. The molecule has 0 atom stereocenters. The summed E-state index contributed by atoms with van der Waals surface area (Å²) in [4.78, 5) is 0. The summed E-state index contributed by atoms with van der Waals surface area (Å²) in [5.74, 6) is 1.61. The predicted octanol–water partition coefficient (Wildman–Crippen LogP) is 3.23. The normalized spacial score (nSPS) is 21.0. The maximum atomic E-state index is 6.42. The summed E-state index contributed by atoms with van der Waals surface area (Å²) in [6.07, 6.45) is 5.87. The first-order chi connectivity index (χ1) is 8.77. The van der Waals surface area contributed by atoms with Gasteiger partial charge in [0.2, 0.25) is 6.79 Å². The second-order valence-corrected chi connectivity index (χ2v) is 5.61.